The first-order valence-electron chi connectivity index (χ1n) is 3.95. The van der Waals surface area contributed by atoms with E-state index >= 15 is 0 Å². The molecule has 0 atom stereocenters. The first-order chi connectivity index (χ1) is 5.10. The van der Waals surface area contributed by atoms with Crippen LogP contribution in [-0.4, -0.2) is 16.8 Å². The van der Waals surface area contributed by atoms with Gasteiger partial charge in [-0.05, 0) is 12.8 Å². The van der Waals surface area contributed by atoms with Crippen LogP contribution in [0.2, 0.25) is 0 Å². The number of nitrogens with one attached hydrogen (secondary N) is 1. The van der Waals surface area contributed by atoms with Crippen LogP contribution in [0.15, 0.2) is 0 Å². The lowest BCUT2D eigenvalue weighted by Crippen LogP contribution is -2.48. The number of halogens is 1. The van der Waals surface area contributed by atoms with Gasteiger partial charge in [-0.25, -0.2) is 0 Å². The van der Waals surface area contributed by atoms with Gasteiger partial charge in [-0.1, -0.05) is 29.8 Å². The molecule has 0 saturated carbocycles. The lowest BCUT2D eigenvalue weighted by molar-refractivity contribution is -0.120. The van der Waals surface area contributed by atoms with Gasteiger partial charge in [-0.15, -0.1) is 0 Å². The molecular weight excluding hydrogens is 206 g/mol. The highest BCUT2D eigenvalue weighted by molar-refractivity contribution is 9.09. The third-order valence-electron chi connectivity index (χ3n) is 2.05. The minimum absolute atomic E-state index is 0.0359. The molecule has 2 nitrogen and oxygen atoms in total. The molecule has 66 valence electrons. The highest BCUT2D eigenvalue weighted by Crippen LogP contribution is 2.17. The minimum atomic E-state index is -0.0359. The molecule has 1 N–H and O–H groups in total. The Morgan fingerprint density at radius 1 is 1.45 bits per heavy atom. The molecule has 0 aliphatic rings. The number of amides is 1. The average molecular weight is 222 g/mol. The summed E-state index contributed by atoms with van der Waals surface area (Å²) in [6, 6.07) is 0. The second kappa shape index (κ2) is 4.75. The van der Waals surface area contributed by atoms with Crippen LogP contribution in [0.4, 0.5) is 0 Å². The summed E-state index contributed by atoms with van der Waals surface area (Å²) in [5.41, 5.74) is -0.0359. The van der Waals surface area contributed by atoms with Gasteiger partial charge in [-0.3, -0.25) is 4.79 Å². The third-order valence-corrected chi connectivity index (χ3v) is 3.12. The Hall–Kier alpha value is -0.0500. The van der Waals surface area contributed by atoms with Crippen molar-refractivity contribution in [3.8, 4) is 0 Å². The number of hydrogen-bond acceptors (Lipinski definition) is 1. The van der Waals surface area contributed by atoms with Gasteiger partial charge in [-0.2, -0.15) is 0 Å². The van der Waals surface area contributed by atoms with Crippen LogP contribution in [0, 0.1) is 0 Å². The van der Waals surface area contributed by atoms with Gasteiger partial charge < -0.3 is 5.32 Å². The molecule has 11 heavy (non-hydrogen) atoms. The molecule has 0 unspecified atom stereocenters. The molecule has 0 rings (SSSR count). The summed E-state index contributed by atoms with van der Waals surface area (Å²) in [5, 5.41) is 3.78. The second-order valence-corrected chi connectivity index (χ2v) is 3.36. The molecule has 0 spiro atoms. The number of hydrogen-bond donors (Lipinski definition) is 1. The average Bonchev–Trinajstić information content (AvgIpc) is 2.00. The molecule has 1 amide bonds. The van der Waals surface area contributed by atoms with Crippen molar-refractivity contribution in [2.24, 2.45) is 0 Å². The summed E-state index contributed by atoms with van der Waals surface area (Å²) in [4.78, 5) is 10.8. The Balaban J connectivity index is 4.16. The van der Waals surface area contributed by atoms with E-state index in [9.17, 15) is 4.79 Å². The number of alkyl halides is 1. The molecule has 0 bridgehead atoms. The van der Waals surface area contributed by atoms with Crippen molar-refractivity contribution in [1.29, 1.82) is 0 Å². The molecule has 3 heteroatoms. The molecule has 0 heterocycles. The van der Waals surface area contributed by atoms with E-state index in [0.717, 1.165) is 18.2 Å². The Morgan fingerprint density at radius 2 is 1.91 bits per heavy atom. The lowest BCUT2D eigenvalue weighted by atomic mass is 9.95. The zero-order valence-electron chi connectivity index (χ0n) is 7.41. The quantitative estimate of drug-likeness (QED) is 0.725. The highest BCUT2D eigenvalue weighted by atomic mass is 79.9. The number of carbonyl (C=O) groups is 1. The predicted octanol–water partition coefficient (Wildman–Crippen LogP) is 2.08. The van der Waals surface area contributed by atoms with Crippen molar-refractivity contribution < 1.29 is 4.79 Å². The molecule has 0 aromatic heterocycles. The zero-order valence-corrected chi connectivity index (χ0v) is 8.99. The van der Waals surface area contributed by atoms with Crippen molar-refractivity contribution in [2.75, 3.05) is 5.33 Å². The van der Waals surface area contributed by atoms with E-state index in [0.29, 0.717) is 0 Å². The van der Waals surface area contributed by atoms with Crippen LogP contribution < -0.4 is 5.32 Å². The molecule has 0 aromatic carbocycles. The first kappa shape index (κ1) is 11.0. The van der Waals surface area contributed by atoms with E-state index in [1.807, 2.05) is 0 Å². The summed E-state index contributed by atoms with van der Waals surface area (Å²) in [6.07, 6.45) is 1.93. The molecule has 0 aliphatic carbocycles. The molecule has 0 fully saturated rings. The fourth-order valence-corrected chi connectivity index (χ4v) is 1.96. The van der Waals surface area contributed by atoms with Crippen molar-refractivity contribution >= 4 is 21.8 Å². The Kier molecular flexibility index (Phi) is 4.73. The van der Waals surface area contributed by atoms with Crippen LogP contribution in [0.5, 0.6) is 0 Å². The van der Waals surface area contributed by atoms with Crippen LogP contribution in [-0.2, 0) is 4.79 Å². The monoisotopic (exact) mass is 221 g/mol. The Labute approximate surface area is 76.9 Å². The fourth-order valence-electron chi connectivity index (χ4n) is 1.02. The molecule has 0 saturated heterocycles. The van der Waals surface area contributed by atoms with Crippen molar-refractivity contribution in [2.45, 2.75) is 39.2 Å². The summed E-state index contributed by atoms with van der Waals surface area (Å²) >= 11 is 3.41. The van der Waals surface area contributed by atoms with E-state index in [-0.39, 0.29) is 11.4 Å². The standard InChI is InChI=1S/C8H16BrNO/c1-4-8(5-2,6-9)10-7(3)11/h4-6H2,1-3H3,(H,10,11). The highest BCUT2D eigenvalue weighted by Gasteiger charge is 2.24. The van der Waals surface area contributed by atoms with Gasteiger partial charge in [0.25, 0.3) is 0 Å². The Morgan fingerprint density at radius 3 is 2.00 bits per heavy atom. The van der Waals surface area contributed by atoms with Gasteiger partial charge in [0.15, 0.2) is 0 Å². The van der Waals surface area contributed by atoms with E-state index in [4.69, 9.17) is 0 Å². The maximum Gasteiger partial charge on any atom is 0.217 e. The SMILES string of the molecule is CCC(CC)(CBr)NC(C)=O. The topological polar surface area (TPSA) is 29.1 Å². The fraction of sp³-hybridized carbons (Fsp3) is 0.875. The minimum Gasteiger partial charge on any atom is -0.350 e. The Bertz CT molecular complexity index is 124. The van der Waals surface area contributed by atoms with Gasteiger partial charge in [0.1, 0.15) is 0 Å². The van der Waals surface area contributed by atoms with Crippen LogP contribution in [0.25, 0.3) is 0 Å². The normalized spacial score (nSPS) is 11.3. The largest absolute Gasteiger partial charge is 0.350 e. The molecular formula is C8H16BrNO. The lowest BCUT2D eigenvalue weighted by Gasteiger charge is -2.30. The van der Waals surface area contributed by atoms with Gasteiger partial charge in [0.2, 0.25) is 5.91 Å². The van der Waals surface area contributed by atoms with Crippen LogP contribution in [0.3, 0.4) is 0 Å². The number of rotatable bonds is 4. The smallest absolute Gasteiger partial charge is 0.217 e. The van der Waals surface area contributed by atoms with E-state index in [1.54, 1.807) is 6.92 Å². The van der Waals surface area contributed by atoms with Gasteiger partial charge >= 0.3 is 0 Å². The molecule has 0 aliphatic heterocycles. The van der Waals surface area contributed by atoms with Crippen molar-refractivity contribution in [3.05, 3.63) is 0 Å². The van der Waals surface area contributed by atoms with E-state index < -0.39 is 0 Å². The number of carbonyl (C=O) groups excluding carboxylic acids is 1. The first-order valence-corrected chi connectivity index (χ1v) is 5.07. The van der Waals surface area contributed by atoms with E-state index in [1.165, 1.54) is 0 Å². The third kappa shape index (κ3) is 3.23. The van der Waals surface area contributed by atoms with Crippen LogP contribution >= 0.6 is 15.9 Å². The summed E-state index contributed by atoms with van der Waals surface area (Å²) in [5.74, 6) is 0.0492. The van der Waals surface area contributed by atoms with Crippen LogP contribution in [0.1, 0.15) is 33.6 Å². The van der Waals surface area contributed by atoms with Crippen molar-refractivity contribution in [3.63, 3.8) is 0 Å². The van der Waals surface area contributed by atoms with Gasteiger partial charge in [0, 0.05) is 17.8 Å². The maximum absolute atomic E-state index is 10.8. The van der Waals surface area contributed by atoms with Crippen molar-refractivity contribution in [1.82, 2.24) is 5.32 Å². The second-order valence-electron chi connectivity index (χ2n) is 2.80. The zero-order chi connectivity index (χ0) is 8.91. The summed E-state index contributed by atoms with van der Waals surface area (Å²) in [7, 11) is 0. The summed E-state index contributed by atoms with van der Waals surface area (Å²) in [6.45, 7) is 5.73. The van der Waals surface area contributed by atoms with Gasteiger partial charge in [0.05, 0.1) is 0 Å². The molecule has 0 radical (unpaired) electrons. The maximum atomic E-state index is 10.8. The predicted molar refractivity (Wildman–Crippen MR) is 50.9 cm³/mol. The molecule has 0 aromatic rings. The van der Waals surface area contributed by atoms with E-state index in [2.05, 4.69) is 35.1 Å². The summed E-state index contributed by atoms with van der Waals surface area (Å²) < 4.78 is 0.